The fourth-order valence-corrected chi connectivity index (χ4v) is 4.10. The highest BCUT2D eigenvalue weighted by Gasteiger charge is 2.23. The first kappa shape index (κ1) is 16.8. The molecule has 5 rings (SSSR count). The van der Waals surface area contributed by atoms with Crippen LogP contribution >= 0.6 is 0 Å². The largest absolute Gasteiger partial charge is 0.361 e. The first-order valence-corrected chi connectivity index (χ1v) is 9.20. The summed E-state index contributed by atoms with van der Waals surface area (Å²) in [6.45, 7) is 2.07. The monoisotopic (exact) mass is 372 g/mol. The second kappa shape index (κ2) is 6.34. The Morgan fingerprint density at radius 1 is 0.714 bits per heavy atom. The van der Waals surface area contributed by atoms with Crippen molar-refractivity contribution >= 4 is 21.8 Å². The van der Waals surface area contributed by atoms with Crippen LogP contribution in [-0.4, -0.2) is 9.97 Å². The number of aryl methyl sites for hydroxylation is 1. The highest BCUT2D eigenvalue weighted by Crippen LogP contribution is 2.39. The number of fused-ring (bicyclic) bond motifs is 2. The molecule has 0 bridgehead atoms. The van der Waals surface area contributed by atoms with Crippen molar-refractivity contribution in [2.45, 2.75) is 12.8 Å². The molecule has 0 atom stereocenters. The van der Waals surface area contributed by atoms with Crippen molar-refractivity contribution in [3.63, 3.8) is 0 Å². The summed E-state index contributed by atoms with van der Waals surface area (Å²) in [5.74, 6) is -0.607. The maximum Gasteiger partial charge on any atom is 0.125 e. The molecule has 2 nitrogen and oxygen atoms in total. The highest BCUT2D eigenvalue weighted by molar-refractivity contribution is 5.89. The molecule has 28 heavy (non-hydrogen) atoms. The third-order valence-electron chi connectivity index (χ3n) is 5.35. The molecule has 5 aromatic rings. The van der Waals surface area contributed by atoms with E-state index in [2.05, 4.69) is 35.1 Å². The maximum atomic E-state index is 13.7. The van der Waals surface area contributed by atoms with E-state index in [1.54, 1.807) is 0 Å². The van der Waals surface area contributed by atoms with E-state index in [4.69, 9.17) is 0 Å². The van der Waals surface area contributed by atoms with E-state index in [1.807, 2.05) is 30.6 Å². The van der Waals surface area contributed by atoms with Gasteiger partial charge in [-0.2, -0.15) is 0 Å². The fraction of sp³-hybridized carbons (Fsp3) is 0.0833. The average Bonchev–Trinajstić information content (AvgIpc) is 3.26. The lowest BCUT2D eigenvalue weighted by molar-refractivity contribution is 0.629. The van der Waals surface area contributed by atoms with Gasteiger partial charge in [0.25, 0.3) is 0 Å². The molecule has 0 aliphatic rings. The van der Waals surface area contributed by atoms with Crippen molar-refractivity contribution in [2.24, 2.45) is 0 Å². The number of rotatable bonds is 3. The summed E-state index contributed by atoms with van der Waals surface area (Å²) in [5, 5.41) is 1.95. The van der Waals surface area contributed by atoms with Crippen molar-refractivity contribution < 1.29 is 8.78 Å². The van der Waals surface area contributed by atoms with Gasteiger partial charge in [-0.25, -0.2) is 8.78 Å². The Morgan fingerprint density at radius 2 is 1.29 bits per heavy atom. The zero-order chi connectivity index (χ0) is 19.3. The molecule has 0 radical (unpaired) electrons. The van der Waals surface area contributed by atoms with E-state index in [0.717, 1.165) is 38.5 Å². The van der Waals surface area contributed by atoms with Crippen LogP contribution in [0.5, 0.6) is 0 Å². The molecule has 0 amide bonds. The summed E-state index contributed by atoms with van der Waals surface area (Å²) >= 11 is 0. The lowest BCUT2D eigenvalue weighted by Gasteiger charge is -2.18. The van der Waals surface area contributed by atoms with Crippen molar-refractivity contribution in [3.05, 3.63) is 107 Å². The molecular weight excluding hydrogens is 354 g/mol. The molecule has 2 heterocycles. The molecule has 0 saturated heterocycles. The predicted molar refractivity (Wildman–Crippen MR) is 109 cm³/mol. The van der Waals surface area contributed by atoms with E-state index >= 15 is 0 Å². The molecule has 0 aliphatic heterocycles. The van der Waals surface area contributed by atoms with E-state index in [0.29, 0.717) is 0 Å². The Morgan fingerprint density at radius 3 is 1.82 bits per heavy atom. The van der Waals surface area contributed by atoms with Crippen LogP contribution in [0, 0.1) is 18.6 Å². The maximum absolute atomic E-state index is 13.7. The zero-order valence-corrected chi connectivity index (χ0v) is 15.3. The summed E-state index contributed by atoms with van der Waals surface area (Å²) in [4.78, 5) is 6.41. The van der Waals surface area contributed by atoms with Gasteiger partial charge >= 0.3 is 0 Å². The van der Waals surface area contributed by atoms with Gasteiger partial charge in [-0.1, -0.05) is 29.8 Å². The van der Waals surface area contributed by atoms with E-state index < -0.39 is 0 Å². The number of benzene rings is 3. The molecule has 138 valence electrons. The minimum atomic E-state index is -0.268. The van der Waals surface area contributed by atoms with Gasteiger partial charge in [0.2, 0.25) is 0 Å². The van der Waals surface area contributed by atoms with Crippen LogP contribution in [0.2, 0.25) is 0 Å². The summed E-state index contributed by atoms with van der Waals surface area (Å²) < 4.78 is 27.4. The number of H-pyrrole nitrogens is 2. The van der Waals surface area contributed by atoms with Crippen molar-refractivity contribution in [2.75, 3.05) is 0 Å². The number of hydrogen-bond donors (Lipinski definition) is 2. The van der Waals surface area contributed by atoms with Crippen molar-refractivity contribution in [1.82, 2.24) is 9.97 Å². The van der Waals surface area contributed by atoms with Gasteiger partial charge in [0.15, 0.2) is 0 Å². The molecule has 2 aromatic heterocycles. The van der Waals surface area contributed by atoms with Gasteiger partial charge < -0.3 is 9.97 Å². The van der Waals surface area contributed by atoms with E-state index in [-0.39, 0.29) is 17.6 Å². The molecular formula is C24H18F2N2. The third kappa shape index (κ3) is 2.69. The topological polar surface area (TPSA) is 31.6 Å². The van der Waals surface area contributed by atoms with Crippen LogP contribution in [0.1, 0.15) is 28.2 Å². The molecule has 0 spiro atoms. The Balaban J connectivity index is 1.79. The minimum Gasteiger partial charge on any atom is -0.361 e. The fourth-order valence-electron chi connectivity index (χ4n) is 4.10. The molecule has 2 N–H and O–H groups in total. The standard InChI is InChI=1S/C24H18F2N2/c1-14-3-2-4-15(9-14)24(20-12-27-22-10-16(25)5-7-18(20)22)21-13-28-23-11-17(26)6-8-19(21)23/h2-13,24,27-28H,1H3. The first-order valence-electron chi connectivity index (χ1n) is 9.20. The van der Waals surface area contributed by atoms with Crippen LogP contribution in [0.25, 0.3) is 21.8 Å². The van der Waals surface area contributed by atoms with Gasteiger partial charge in [-0.15, -0.1) is 0 Å². The summed E-state index contributed by atoms with van der Waals surface area (Å²) in [6, 6.07) is 18.0. The van der Waals surface area contributed by atoms with E-state index in [1.165, 1.54) is 29.8 Å². The molecule has 0 fully saturated rings. The van der Waals surface area contributed by atoms with Crippen molar-refractivity contribution in [3.8, 4) is 0 Å². The molecule has 4 heteroatoms. The van der Waals surface area contributed by atoms with Crippen LogP contribution < -0.4 is 0 Å². The van der Waals surface area contributed by atoms with Gasteiger partial charge in [0, 0.05) is 40.1 Å². The zero-order valence-electron chi connectivity index (χ0n) is 15.3. The normalized spacial score (nSPS) is 11.7. The second-order valence-electron chi connectivity index (χ2n) is 7.21. The second-order valence-corrected chi connectivity index (χ2v) is 7.21. The third-order valence-corrected chi connectivity index (χ3v) is 5.35. The molecule has 0 unspecified atom stereocenters. The lowest BCUT2D eigenvalue weighted by atomic mass is 9.84. The van der Waals surface area contributed by atoms with Gasteiger partial charge in [0.05, 0.1) is 0 Å². The Bertz CT molecular complexity index is 1230. The van der Waals surface area contributed by atoms with Crippen LogP contribution in [0.4, 0.5) is 8.78 Å². The van der Waals surface area contributed by atoms with Crippen LogP contribution in [-0.2, 0) is 0 Å². The Kier molecular flexibility index (Phi) is 3.79. The van der Waals surface area contributed by atoms with Gasteiger partial charge in [-0.3, -0.25) is 0 Å². The average molecular weight is 372 g/mol. The number of nitrogens with one attached hydrogen (secondary N) is 2. The SMILES string of the molecule is Cc1cccc(C(c2c[nH]c3cc(F)ccc23)c2c[nH]c3cc(F)ccc23)c1. The summed E-state index contributed by atoms with van der Waals surface area (Å²) in [5.41, 5.74) is 5.95. The number of aromatic amines is 2. The minimum absolute atomic E-state index is 0.0710. The summed E-state index contributed by atoms with van der Waals surface area (Å²) in [7, 11) is 0. The quantitative estimate of drug-likeness (QED) is 0.366. The van der Waals surface area contributed by atoms with Gasteiger partial charge in [-0.05, 0) is 60.0 Å². The first-order chi connectivity index (χ1) is 13.6. The van der Waals surface area contributed by atoms with E-state index in [9.17, 15) is 8.78 Å². The Labute approximate surface area is 160 Å². The highest BCUT2D eigenvalue weighted by atomic mass is 19.1. The number of aromatic nitrogens is 2. The molecule has 0 saturated carbocycles. The predicted octanol–water partition coefficient (Wildman–Crippen LogP) is 6.42. The van der Waals surface area contributed by atoms with Crippen molar-refractivity contribution in [1.29, 1.82) is 0 Å². The molecule has 3 aromatic carbocycles. The Hall–Kier alpha value is -3.40. The number of hydrogen-bond acceptors (Lipinski definition) is 0. The van der Waals surface area contributed by atoms with Crippen LogP contribution in [0.15, 0.2) is 73.1 Å². The molecule has 0 aliphatic carbocycles. The number of halogens is 2. The summed E-state index contributed by atoms with van der Waals surface area (Å²) in [6.07, 6.45) is 3.89. The van der Waals surface area contributed by atoms with Gasteiger partial charge in [0.1, 0.15) is 11.6 Å². The van der Waals surface area contributed by atoms with Crippen LogP contribution in [0.3, 0.4) is 0 Å². The smallest absolute Gasteiger partial charge is 0.125 e. The lowest BCUT2D eigenvalue weighted by Crippen LogP contribution is -2.02.